The summed E-state index contributed by atoms with van der Waals surface area (Å²) in [5, 5.41) is 0. The van der Waals surface area contributed by atoms with Gasteiger partial charge in [0.2, 0.25) is 0 Å². The lowest BCUT2D eigenvalue weighted by Gasteiger charge is -2.27. The third-order valence-corrected chi connectivity index (χ3v) is 3.78. The van der Waals surface area contributed by atoms with Gasteiger partial charge < -0.3 is 4.74 Å². The number of benzene rings is 1. The van der Waals surface area contributed by atoms with Crippen LogP contribution < -0.4 is 0 Å². The largest absolute Gasteiger partial charge is 0.471 e. The Hall–Kier alpha value is -0.580. The summed E-state index contributed by atoms with van der Waals surface area (Å²) in [5.41, 5.74) is 2.99. The maximum Gasteiger partial charge on any atom is 0.292 e. The van der Waals surface area contributed by atoms with E-state index in [1.54, 1.807) is 5.56 Å². The van der Waals surface area contributed by atoms with E-state index in [1.807, 2.05) is 0 Å². The van der Waals surface area contributed by atoms with E-state index < -0.39 is 0 Å². The third kappa shape index (κ3) is 3.77. The number of rotatable bonds is 2. The molecule has 1 aliphatic carbocycles. The second-order valence-electron chi connectivity index (χ2n) is 3.98. The molecule has 16 heavy (non-hydrogen) atoms. The number of ether oxygens (including phenoxy) is 1. The third-order valence-electron chi connectivity index (χ3n) is 2.79. The Balaban J connectivity index is 0.000000280. The lowest BCUT2D eigenvalue weighted by Crippen LogP contribution is -2.10. The van der Waals surface area contributed by atoms with Crippen molar-refractivity contribution in [2.45, 2.75) is 32.1 Å². The summed E-state index contributed by atoms with van der Waals surface area (Å²) >= 11 is 2.45. The van der Waals surface area contributed by atoms with Gasteiger partial charge in [0, 0.05) is 3.57 Å². The first-order valence-corrected chi connectivity index (χ1v) is 6.49. The van der Waals surface area contributed by atoms with Crippen LogP contribution in [0.15, 0.2) is 18.2 Å². The highest BCUT2D eigenvalue weighted by atomic mass is 127. The molecule has 0 saturated heterocycles. The summed E-state index contributed by atoms with van der Waals surface area (Å²) in [7, 11) is 1.31. The van der Waals surface area contributed by atoms with E-state index in [4.69, 9.17) is 4.79 Å². The van der Waals surface area contributed by atoms with Gasteiger partial charge in [0.1, 0.15) is 0 Å². The predicted octanol–water partition coefficient (Wildman–Crippen LogP) is 3.66. The van der Waals surface area contributed by atoms with Crippen LogP contribution in [0.1, 0.15) is 36.3 Å². The predicted molar refractivity (Wildman–Crippen MR) is 73.6 cm³/mol. The molecule has 1 aromatic rings. The standard InChI is InChI=1S/C11H13I.C2H4O2/c1-8-5-6-11(12)10(7-8)9-3-2-4-9;1-4-2-3/h5-7,9H,2-4H2,1H3;2H,1H3. The van der Waals surface area contributed by atoms with Gasteiger partial charge in [-0.15, -0.1) is 0 Å². The van der Waals surface area contributed by atoms with Crippen molar-refractivity contribution in [2.24, 2.45) is 0 Å². The van der Waals surface area contributed by atoms with Crippen LogP contribution in [-0.4, -0.2) is 13.6 Å². The minimum atomic E-state index is 0.375. The smallest absolute Gasteiger partial charge is 0.292 e. The fourth-order valence-electron chi connectivity index (χ4n) is 1.70. The number of methoxy groups -OCH3 is 1. The summed E-state index contributed by atoms with van der Waals surface area (Å²) in [4.78, 5) is 8.95. The molecule has 0 atom stereocenters. The maximum atomic E-state index is 8.95. The van der Waals surface area contributed by atoms with E-state index in [-0.39, 0.29) is 0 Å². The summed E-state index contributed by atoms with van der Waals surface area (Å²) in [6, 6.07) is 6.79. The highest BCUT2D eigenvalue weighted by Gasteiger charge is 2.21. The first kappa shape index (κ1) is 13.5. The molecule has 0 amide bonds. The normalized spacial score (nSPS) is 14.4. The Labute approximate surface area is 111 Å². The van der Waals surface area contributed by atoms with Gasteiger partial charge in [0.05, 0.1) is 7.11 Å². The maximum absolute atomic E-state index is 8.95. The number of hydrogen-bond acceptors (Lipinski definition) is 2. The summed E-state index contributed by atoms with van der Waals surface area (Å²) in [6.45, 7) is 2.55. The second-order valence-corrected chi connectivity index (χ2v) is 5.15. The molecular weight excluding hydrogens is 315 g/mol. The molecule has 0 unspecified atom stereocenters. The molecule has 0 spiro atoms. The molecule has 0 heterocycles. The van der Waals surface area contributed by atoms with E-state index in [9.17, 15) is 0 Å². The van der Waals surface area contributed by atoms with Crippen LogP contribution in [0, 0.1) is 10.5 Å². The van der Waals surface area contributed by atoms with E-state index in [0.717, 1.165) is 5.92 Å². The van der Waals surface area contributed by atoms with Crippen molar-refractivity contribution < 1.29 is 9.53 Å². The van der Waals surface area contributed by atoms with Crippen LogP contribution in [-0.2, 0) is 9.53 Å². The molecule has 0 aromatic heterocycles. The molecular formula is C13H17IO2. The van der Waals surface area contributed by atoms with Crippen molar-refractivity contribution in [1.29, 1.82) is 0 Å². The van der Waals surface area contributed by atoms with Crippen molar-refractivity contribution in [3.05, 3.63) is 32.9 Å². The Morgan fingerprint density at radius 1 is 1.44 bits per heavy atom. The van der Waals surface area contributed by atoms with Crippen LogP contribution in [0.5, 0.6) is 0 Å². The molecule has 2 rings (SSSR count). The average Bonchev–Trinajstić information content (AvgIpc) is 2.21. The van der Waals surface area contributed by atoms with Gasteiger partial charge in [0.15, 0.2) is 0 Å². The topological polar surface area (TPSA) is 26.3 Å². The van der Waals surface area contributed by atoms with Gasteiger partial charge in [-0.3, -0.25) is 4.79 Å². The highest BCUT2D eigenvalue weighted by molar-refractivity contribution is 14.1. The molecule has 1 aliphatic rings. The molecule has 1 aromatic carbocycles. The van der Waals surface area contributed by atoms with Crippen molar-refractivity contribution in [2.75, 3.05) is 7.11 Å². The van der Waals surface area contributed by atoms with Crippen LogP contribution in [0.25, 0.3) is 0 Å². The molecule has 2 nitrogen and oxygen atoms in total. The summed E-state index contributed by atoms with van der Waals surface area (Å²) < 4.78 is 5.31. The molecule has 88 valence electrons. The minimum absolute atomic E-state index is 0.375. The Kier molecular flexibility index (Phi) is 5.80. The van der Waals surface area contributed by atoms with E-state index in [1.165, 1.54) is 35.5 Å². The molecule has 3 heteroatoms. The molecule has 1 saturated carbocycles. The zero-order valence-corrected chi connectivity index (χ0v) is 11.9. The monoisotopic (exact) mass is 332 g/mol. The molecule has 0 bridgehead atoms. The van der Waals surface area contributed by atoms with E-state index in [2.05, 4.69) is 52.5 Å². The zero-order chi connectivity index (χ0) is 12.0. The second kappa shape index (κ2) is 6.89. The van der Waals surface area contributed by atoms with Crippen molar-refractivity contribution in [3.8, 4) is 0 Å². The van der Waals surface area contributed by atoms with Gasteiger partial charge >= 0.3 is 0 Å². The molecule has 1 fully saturated rings. The van der Waals surface area contributed by atoms with Gasteiger partial charge in [-0.05, 0) is 59.9 Å². The quantitative estimate of drug-likeness (QED) is 0.610. The fourth-order valence-corrected chi connectivity index (χ4v) is 2.47. The highest BCUT2D eigenvalue weighted by Crippen LogP contribution is 2.38. The van der Waals surface area contributed by atoms with Crippen molar-refractivity contribution >= 4 is 29.1 Å². The molecule has 0 aliphatic heterocycles. The summed E-state index contributed by atoms with van der Waals surface area (Å²) in [5.74, 6) is 0.872. The van der Waals surface area contributed by atoms with E-state index in [0.29, 0.717) is 6.47 Å². The minimum Gasteiger partial charge on any atom is -0.471 e. The first-order chi connectivity index (χ1) is 7.69. The van der Waals surface area contributed by atoms with Gasteiger partial charge in [-0.25, -0.2) is 0 Å². The number of halogens is 1. The van der Waals surface area contributed by atoms with Crippen molar-refractivity contribution in [3.63, 3.8) is 0 Å². The van der Waals surface area contributed by atoms with Gasteiger partial charge in [-0.2, -0.15) is 0 Å². The van der Waals surface area contributed by atoms with E-state index >= 15 is 0 Å². The Morgan fingerprint density at radius 3 is 2.50 bits per heavy atom. The fraction of sp³-hybridized carbons (Fsp3) is 0.462. The zero-order valence-electron chi connectivity index (χ0n) is 9.70. The Bertz CT molecular complexity index is 346. The lowest BCUT2D eigenvalue weighted by atomic mass is 9.80. The summed E-state index contributed by atoms with van der Waals surface area (Å²) in [6.07, 6.45) is 4.23. The van der Waals surface area contributed by atoms with Crippen LogP contribution in [0.4, 0.5) is 0 Å². The van der Waals surface area contributed by atoms with Gasteiger partial charge in [-0.1, -0.05) is 24.1 Å². The number of hydrogen-bond donors (Lipinski definition) is 0. The van der Waals surface area contributed by atoms with Crippen LogP contribution in [0.3, 0.4) is 0 Å². The SMILES string of the molecule is COC=O.Cc1ccc(I)c(C2CCC2)c1. The molecule has 0 radical (unpaired) electrons. The number of carbonyl (C=O) groups is 1. The van der Waals surface area contributed by atoms with Gasteiger partial charge in [0.25, 0.3) is 6.47 Å². The van der Waals surface area contributed by atoms with Crippen LogP contribution >= 0.6 is 22.6 Å². The lowest BCUT2D eigenvalue weighted by molar-refractivity contribution is -0.126. The van der Waals surface area contributed by atoms with Crippen LogP contribution in [0.2, 0.25) is 0 Å². The molecule has 0 N–H and O–H groups in total. The average molecular weight is 332 g/mol. The first-order valence-electron chi connectivity index (χ1n) is 5.41. The number of aryl methyl sites for hydroxylation is 1. The van der Waals surface area contributed by atoms with Crippen molar-refractivity contribution in [1.82, 2.24) is 0 Å². The number of carbonyl (C=O) groups excluding carboxylic acids is 1. The Morgan fingerprint density at radius 2 is 2.06 bits per heavy atom.